The van der Waals surface area contributed by atoms with Gasteiger partial charge in [0, 0.05) is 11.6 Å². The summed E-state index contributed by atoms with van der Waals surface area (Å²) in [5.74, 6) is 1.17. The van der Waals surface area contributed by atoms with Gasteiger partial charge in [0.15, 0.2) is 28.8 Å². The van der Waals surface area contributed by atoms with Crippen LogP contribution >= 0.6 is 0 Å². The molecule has 0 amide bonds. The molecule has 0 unspecified atom stereocenters. The molecule has 27 heavy (non-hydrogen) atoms. The number of phenols is 1. The highest BCUT2D eigenvalue weighted by Gasteiger charge is 2.25. The van der Waals surface area contributed by atoms with Crippen LogP contribution in [0.25, 0.3) is 22.3 Å². The van der Waals surface area contributed by atoms with Gasteiger partial charge in [-0.1, -0.05) is 0 Å². The maximum absolute atomic E-state index is 13.0. The molecule has 0 bridgehead atoms. The minimum atomic E-state index is -0.537. The molecule has 0 fully saturated rings. The van der Waals surface area contributed by atoms with Crippen molar-refractivity contribution in [3.63, 3.8) is 0 Å². The van der Waals surface area contributed by atoms with Gasteiger partial charge in [-0.25, -0.2) is 0 Å². The first-order valence-corrected chi connectivity index (χ1v) is 7.97. The van der Waals surface area contributed by atoms with Crippen LogP contribution in [0.4, 0.5) is 0 Å². The quantitative estimate of drug-likeness (QED) is 0.747. The Morgan fingerprint density at radius 1 is 0.963 bits per heavy atom. The second kappa shape index (κ2) is 6.31. The van der Waals surface area contributed by atoms with E-state index in [-0.39, 0.29) is 46.5 Å². The molecule has 1 aliphatic rings. The zero-order valence-electron chi connectivity index (χ0n) is 14.8. The van der Waals surface area contributed by atoms with Gasteiger partial charge in [0.2, 0.25) is 23.7 Å². The maximum atomic E-state index is 13.0. The number of aromatic hydroxyl groups is 1. The predicted molar refractivity (Wildman–Crippen MR) is 95.4 cm³/mol. The van der Waals surface area contributed by atoms with Gasteiger partial charge >= 0.3 is 0 Å². The van der Waals surface area contributed by atoms with Crippen molar-refractivity contribution >= 4 is 11.0 Å². The zero-order chi connectivity index (χ0) is 19.1. The van der Waals surface area contributed by atoms with Crippen LogP contribution in [0.1, 0.15) is 0 Å². The largest absolute Gasteiger partial charge is 0.504 e. The van der Waals surface area contributed by atoms with E-state index in [1.807, 2.05) is 0 Å². The van der Waals surface area contributed by atoms with Crippen LogP contribution in [0.5, 0.6) is 34.5 Å². The van der Waals surface area contributed by atoms with Crippen molar-refractivity contribution in [2.75, 3.05) is 28.1 Å². The molecule has 0 saturated heterocycles. The summed E-state index contributed by atoms with van der Waals surface area (Å²) in [5.41, 5.74) is 0.151. The van der Waals surface area contributed by atoms with Crippen molar-refractivity contribution in [1.82, 2.24) is 0 Å². The van der Waals surface area contributed by atoms with Gasteiger partial charge in [-0.15, -0.1) is 0 Å². The molecule has 8 nitrogen and oxygen atoms in total. The number of hydrogen-bond acceptors (Lipinski definition) is 8. The summed E-state index contributed by atoms with van der Waals surface area (Å²) < 4.78 is 32.2. The van der Waals surface area contributed by atoms with Crippen molar-refractivity contribution in [3.05, 3.63) is 34.5 Å². The summed E-state index contributed by atoms with van der Waals surface area (Å²) in [5, 5.41) is 10.4. The number of rotatable bonds is 4. The first-order valence-electron chi connectivity index (χ1n) is 7.97. The fourth-order valence-electron chi connectivity index (χ4n) is 3.04. The molecule has 3 aromatic rings. The van der Waals surface area contributed by atoms with Gasteiger partial charge in [0.05, 0.1) is 21.3 Å². The van der Waals surface area contributed by atoms with Gasteiger partial charge in [-0.2, -0.15) is 0 Å². The van der Waals surface area contributed by atoms with Crippen molar-refractivity contribution in [2.45, 2.75) is 0 Å². The summed E-state index contributed by atoms with van der Waals surface area (Å²) >= 11 is 0. The molecule has 1 N–H and O–H groups in total. The van der Waals surface area contributed by atoms with E-state index in [4.69, 9.17) is 28.1 Å². The number of hydrogen-bond donors (Lipinski definition) is 1. The van der Waals surface area contributed by atoms with Gasteiger partial charge in [-0.3, -0.25) is 4.79 Å². The topological polar surface area (TPSA) is 96.6 Å². The predicted octanol–water partition coefficient (Wildman–Crippen LogP) is 2.92. The van der Waals surface area contributed by atoms with Crippen LogP contribution < -0.4 is 29.1 Å². The van der Waals surface area contributed by atoms with Crippen LogP contribution in [0.3, 0.4) is 0 Å². The van der Waals surface area contributed by atoms with Crippen LogP contribution in [-0.4, -0.2) is 33.2 Å². The van der Waals surface area contributed by atoms with E-state index in [9.17, 15) is 9.90 Å². The third kappa shape index (κ3) is 2.49. The molecule has 4 rings (SSSR count). The SMILES string of the molecule is COc1cc2oc(-c3ccc4c(c3)OCO4)c(OC)c(=O)c2c(O)c1OC. The lowest BCUT2D eigenvalue weighted by atomic mass is 10.1. The summed E-state index contributed by atoms with van der Waals surface area (Å²) in [6.45, 7) is 0.127. The van der Waals surface area contributed by atoms with E-state index >= 15 is 0 Å². The second-order valence-corrected chi connectivity index (χ2v) is 5.70. The van der Waals surface area contributed by atoms with E-state index < -0.39 is 5.43 Å². The van der Waals surface area contributed by atoms with Crippen LogP contribution in [0, 0.1) is 0 Å². The van der Waals surface area contributed by atoms with Gasteiger partial charge < -0.3 is 33.2 Å². The number of methoxy groups -OCH3 is 3. The van der Waals surface area contributed by atoms with Gasteiger partial charge in [0.1, 0.15) is 11.0 Å². The van der Waals surface area contributed by atoms with Gasteiger partial charge in [0.25, 0.3) is 0 Å². The monoisotopic (exact) mass is 372 g/mol. The number of fused-ring (bicyclic) bond motifs is 2. The Labute approximate surface area is 153 Å². The number of benzene rings is 2. The zero-order valence-corrected chi connectivity index (χ0v) is 14.8. The molecular weight excluding hydrogens is 356 g/mol. The molecule has 2 aromatic carbocycles. The summed E-state index contributed by atoms with van der Waals surface area (Å²) in [6, 6.07) is 6.61. The third-order valence-corrected chi connectivity index (χ3v) is 4.30. The summed E-state index contributed by atoms with van der Waals surface area (Å²) in [6.07, 6.45) is 0. The lowest BCUT2D eigenvalue weighted by Gasteiger charge is -2.14. The average molecular weight is 372 g/mol. The molecule has 0 spiro atoms. The lowest BCUT2D eigenvalue weighted by Crippen LogP contribution is -2.08. The molecule has 0 saturated carbocycles. The minimum Gasteiger partial charge on any atom is -0.504 e. The highest BCUT2D eigenvalue weighted by atomic mass is 16.7. The van der Waals surface area contributed by atoms with E-state index in [1.165, 1.54) is 27.4 Å². The molecule has 140 valence electrons. The van der Waals surface area contributed by atoms with E-state index in [0.29, 0.717) is 17.1 Å². The van der Waals surface area contributed by atoms with Gasteiger partial charge in [-0.05, 0) is 18.2 Å². The molecule has 0 atom stereocenters. The van der Waals surface area contributed by atoms with Crippen LogP contribution in [0.2, 0.25) is 0 Å². The van der Waals surface area contributed by atoms with E-state index in [0.717, 1.165) is 0 Å². The second-order valence-electron chi connectivity index (χ2n) is 5.70. The molecule has 2 heterocycles. The fraction of sp³-hybridized carbons (Fsp3) is 0.211. The van der Waals surface area contributed by atoms with Crippen molar-refractivity contribution in [3.8, 4) is 45.8 Å². The normalized spacial score (nSPS) is 12.3. The molecule has 0 aliphatic carbocycles. The van der Waals surface area contributed by atoms with Crippen molar-refractivity contribution in [2.24, 2.45) is 0 Å². The first kappa shape index (κ1) is 16.9. The third-order valence-electron chi connectivity index (χ3n) is 4.30. The maximum Gasteiger partial charge on any atom is 0.239 e. The minimum absolute atomic E-state index is 0.0372. The van der Waals surface area contributed by atoms with Crippen molar-refractivity contribution < 1.29 is 33.2 Å². The lowest BCUT2D eigenvalue weighted by molar-refractivity contribution is 0.174. The highest BCUT2D eigenvalue weighted by molar-refractivity contribution is 5.91. The standard InChI is InChI=1S/C19H16O8/c1-22-13-7-12-14(15(20)18(13)23-2)16(21)19(24-3)17(27-12)9-4-5-10-11(6-9)26-8-25-10/h4-7,20H,8H2,1-3H3. The van der Waals surface area contributed by atoms with E-state index in [1.54, 1.807) is 18.2 Å². The highest BCUT2D eigenvalue weighted by Crippen LogP contribution is 2.44. The fourth-order valence-corrected chi connectivity index (χ4v) is 3.04. The van der Waals surface area contributed by atoms with Crippen LogP contribution in [-0.2, 0) is 0 Å². The molecule has 8 heteroatoms. The Bertz CT molecular complexity index is 1100. The molecule has 0 radical (unpaired) electrons. The number of phenolic OH excluding ortho intramolecular Hbond substituents is 1. The van der Waals surface area contributed by atoms with Crippen LogP contribution in [0.15, 0.2) is 33.5 Å². The Morgan fingerprint density at radius 2 is 1.70 bits per heavy atom. The molecular formula is C19H16O8. The Kier molecular flexibility index (Phi) is 3.95. The average Bonchev–Trinajstić information content (AvgIpc) is 3.14. The first-order chi connectivity index (χ1) is 13.1. The Balaban J connectivity index is 2.03. The summed E-state index contributed by atoms with van der Waals surface area (Å²) in [7, 11) is 4.14. The Morgan fingerprint density at radius 3 is 2.41 bits per heavy atom. The molecule has 1 aliphatic heterocycles. The molecule has 1 aromatic heterocycles. The smallest absolute Gasteiger partial charge is 0.239 e. The Hall–Kier alpha value is -3.55. The summed E-state index contributed by atoms with van der Waals surface area (Å²) in [4.78, 5) is 13.0. The van der Waals surface area contributed by atoms with Crippen molar-refractivity contribution in [1.29, 1.82) is 0 Å². The number of ether oxygens (including phenoxy) is 5. The van der Waals surface area contributed by atoms with E-state index in [2.05, 4.69) is 0 Å².